The summed E-state index contributed by atoms with van der Waals surface area (Å²) in [5.74, 6) is 1.75. The minimum atomic E-state index is -0.264. The van der Waals surface area contributed by atoms with Gasteiger partial charge in [0.25, 0.3) is 0 Å². The highest BCUT2D eigenvalue weighted by atomic mass is 35.5. The fraction of sp³-hybridized carbons (Fsp3) is 0.192. The number of fused-ring (bicyclic) bond motifs is 3. The van der Waals surface area contributed by atoms with Crippen molar-refractivity contribution in [2.75, 3.05) is 20.4 Å². The normalized spacial score (nSPS) is 13.4. The zero-order valence-electron chi connectivity index (χ0n) is 18.3. The molecule has 0 saturated carbocycles. The Morgan fingerprint density at radius 3 is 2.65 bits per heavy atom. The second kappa shape index (κ2) is 9.58. The van der Waals surface area contributed by atoms with Crippen LogP contribution in [0.4, 0.5) is 0 Å². The highest BCUT2D eigenvalue weighted by Crippen LogP contribution is 2.34. The molecule has 0 bridgehead atoms. The van der Waals surface area contributed by atoms with Crippen LogP contribution in [0.5, 0.6) is 23.0 Å². The van der Waals surface area contributed by atoms with Gasteiger partial charge in [-0.25, -0.2) is 0 Å². The standard InChI is InChI=1S/C26H21Cl2NO5/c1-31-22-4-2-3-5-23(22)34-24-14-32-26-18(25(24)30)8-9-21-19(26)13-29(15-33-21)11-10-16-6-7-17(27)12-20(16)28/h2-9,12,14H,10-11,13,15H2,1H3. The molecule has 0 fully saturated rings. The minimum absolute atomic E-state index is 0.0860. The zero-order valence-corrected chi connectivity index (χ0v) is 19.9. The van der Waals surface area contributed by atoms with Crippen molar-refractivity contribution >= 4 is 34.2 Å². The van der Waals surface area contributed by atoms with Gasteiger partial charge in [-0.3, -0.25) is 9.69 Å². The molecular weight excluding hydrogens is 477 g/mol. The quantitative estimate of drug-likeness (QED) is 0.311. The van der Waals surface area contributed by atoms with E-state index in [2.05, 4.69) is 4.90 Å². The largest absolute Gasteiger partial charge is 0.493 e. The van der Waals surface area contributed by atoms with Crippen molar-refractivity contribution in [3.63, 3.8) is 0 Å². The van der Waals surface area contributed by atoms with E-state index in [1.54, 1.807) is 43.5 Å². The second-order valence-corrected chi connectivity index (χ2v) is 8.76. The molecule has 34 heavy (non-hydrogen) atoms. The third-order valence-corrected chi connectivity index (χ3v) is 6.34. The van der Waals surface area contributed by atoms with Crippen LogP contribution in [0, 0.1) is 0 Å². The molecule has 2 heterocycles. The molecule has 5 rings (SSSR count). The van der Waals surface area contributed by atoms with Crippen molar-refractivity contribution in [1.82, 2.24) is 4.90 Å². The van der Waals surface area contributed by atoms with Gasteiger partial charge >= 0.3 is 0 Å². The average molecular weight is 498 g/mol. The molecule has 8 heteroatoms. The third-order valence-electron chi connectivity index (χ3n) is 5.76. The van der Waals surface area contributed by atoms with Crippen LogP contribution in [0.15, 0.2) is 70.1 Å². The van der Waals surface area contributed by atoms with E-state index in [1.165, 1.54) is 6.26 Å². The fourth-order valence-electron chi connectivity index (χ4n) is 3.98. The molecule has 0 aliphatic carbocycles. The molecule has 0 saturated heterocycles. The smallest absolute Gasteiger partial charge is 0.235 e. The molecule has 6 nitrogen and oxygen atoms in total. The lowest BCUT2D eigenvalue weighted by atomic mass is 10.1. The molecule has 4 aromatic rings. The molecule has 0 atom stereocenters. The Labute approximate surface area is 206 Å². The van der Waals surface area contributed by atoms with Gasteiger partial charge in [0.1, 0.15) is 24.3 Å². The second-order valence-electron chi connectivity index (χ2n) is 7.91. The Kier molecular flexibility index (Phi) is 6.37. The fourth-order valence-corrected chi connectivity index (χ4v) is 4.48. The Hall–Kier alpha value is -3.19. The van der Waals surface area contributed by atoms with E-state index in [-0.39, 0.29) is 11.2 Å². The number of hydrogen-bond donors (Lipinski definition) is 0. The van der Waals surface area contributed by atoms with Gasteiger partial charge < -0.3 is 18.6 Å². The predicted molar refractivity (Wildman–Crippen MR) is 132 cm³/mol. The van der Waals surface area contributed by atoms with Gasteiger partial charge in [0.2, 0.25) is 11.2 Å². The van der Waals surface area contributed by atoms with E-state index in [1.807, 2.05) is 18.2 Å². The lowest BCUT2D eigenvalue weighted by molar-refractivity contribution is 0.0968. The first kappa shape index (κ1) is 22.6. The summed E-state index contributed by atoms with van der Waals surface area (Å²) in [7, 11) is 1.55. The van der Waals surface area contributed by atoms with Crippen LogP contribution in [0.1, 0.15) is 11.1 Å². The van der Waals surface area contributed by atoms with E-state index in [4.69, 9.17) is 41.8 Å². The van der Waals surface area contributed by atoms with E-state index in [9.17, 15) is 4.79 Å². The molecule has 174 valence electrons. The van der Waals surface area contributed by atoms with Crippen molar-refractivity contribution < 1.29 is 18.6 Å². The van der Waals surface area contributed by atoms with Crippen molar-refractivity contribution in [1.29, 1.82) is 0 Å². The van der Waals surface area contributed by atoms with Gasteiger partial charge in [0.05, 0.1) is 18.1 Å². The Morgan fingerprint density at radius 1 is 1.03 bits per heavy atom. The van der Waals surface area contributed by atoms with E-state index in [0.717, 1.165) is 24.1 Å². The minimum Gasteiger partial charge on any atom is -0.493 e. The Morgan fingerprint density at radius 2 is 1.85 bits per heavy atom. The van der Waals surface area contributed by atoms with Crippen LogP contribution in [0.2, 0.25) is 10.0 Å². The lowest BCUT2D eigenvalue weighted by Crippen LogP contribution is -2.33. The van der Waals surface area contributed by atoms with Crippen LogP contribution in [0.25, 0.3) is 11.0 Å². The van der Waals surface area contributed by atoms with E-state index in [0.29, 0.717) is 51.5 Å². The van der Waals surface area contributed by atoms with Crippen LogP contribution in [0.3, 0.4) is 0 Å². The maximum atomic E-state index is 13.2. The van der Waals surface area contributed by atoms with Gasteiger partial charge in [0, 0.05) is 23.1 Å². The SMILES string of the molecule is COc1ccccc1Oc1coc2c3c(ccc2c1=O)OCN(CCc1ccc(Cl)cc1Cl)C3. The van der Waals surface area contributed by atoms with Crippen LogP contribution >= 0.6 is 23.2 Å². The molecule has 0 spiro atoms. The molecule has 0 amide bonds. The highest BCUT2D eigenvalue weighted by Gasteiger charge is 2.23. The molecular formula is C26H21Cl2NO5. The topological polar surface area (TPSA) is 61.1 Å². The number of benzene rings is 3. The maximum absolute atomic E-state index is 13.2. The zero-order chi connectivity index (χ0) is 23.7. The van der Waals surface area contributed by atoms with E-state index >= 15 is 0 Å². The lowest BCUT2D eigenvalue weighted by Gasteiger charge is -2.29. The summed E-state index contributed by atoms with van der Waals surface area (Å²) in [6.45, 7) is 1.73. The van der Waals surface area contributed by atoms with E-state index < -0.39 is 0 Å². The van der Waals surface area contributed by atoms with Gasteiger partial charge in [-0.05, 0) is 48.4 Å². The molecule has 1 aliphatic rings. The predicted octanol–water partition coefficient (Wildman–Crippen LogP) is 6.30. The summed E-state index contributed by atoms with van der Waals surface area (Å²) in [5.41, 5.74) is 2.07. The summed E-state index contributed by atoms with van der Waals surface area (Å²) >= 11 is 12.3. The summed E-state index contributed by atoms with van der Waals surface area (Å²) in [5, 5.41) is 1.68. The molecule has 0 radical (unpaired) electrons. The molecule has 3 aromatic carbocycles. The number of methoxy groups -OCH3 is 1. The van der Waals surface area contributed by atoms with Crippen molar-refractivity contribution in [2.24, 2.45) is 0 Å². The number of ether oxygens (including phenoxy) is 3. The highest BCUT2D eigenvalue weighted by molar-refractivity contribution is 6.35. The van der Waals surface area contributed by atoms with Crippen molar-refractivity contribution in [3.05, 3.63) is 92.3 Å². The van der Waals surface area contributed by atoms with Gasteiger partial charge in [-0.15, -0.1) is 0 Å². The number of para-hydroxylation sites is 2. The third kappa shape index (κ3) is 4.44. The Bertz CT molecular complexity index is 1420. The van der Waals surface area contributed by atoms with Crippen LogP contribution in [-0.2, 0) is 13.0 Å². The number of nitrogens with zero attached hydrogens (tertiary/aromatic N) is 1. The first-order chi connectivity index (χ1) is 16.5. The monoisotopic (exact) mass is 497 g/mol. The summed E-state index contributed by atoms with van der Waals surface area (Å²) in [6.07, 6.45) is 2.07. The van der Waals surface area contributed by atoms with Gasteiger partial charge in [-0.1, -0.05) is 41.4 Å². The van der Waals surface area contributed by atoms with Gasteiger partial charge in [-0.2, -0.15) is 0 Å². The molecule has 0 N–H and O–H groups in total. The maximum Gasteiger partial charge on any atom is 0.235 e. The first-order valence-electron chi connectivity index (χ1n) is 10.7. The summed E-state index contributed by atoms with van der Waals surface area (Å²) in [4.78, 5) is 15.3. The van der Waals surface area contributed by atoms with Gasteiger partial charge in [0.15, 0.2) is 11.5 Å². The molecule has 1 aliphatic heterocycles. The Balaban J connectivity index is 1.40. The number of rotatable bonds is 6. The summed E-state index contributed by atoms with van der Waals surface area (Å²) < 4.78 is 23.0. The average Bonchev–Trinajstić information content (AvgIpc) is 2.85. The molecule has 0 unspecified atom stereocenters. The summed E-state index contributed by atoms with van der Waals surface area (Å²) in [6, 6.07) is 16.1. The van der Waals surface area contributed by atoms with Crippen LogP contribution < -0.4 is 19.6 Å². The first-order valence-corrected chi connectivity index (χ1v) is 11.5. The molecule has 1 aromatic heterocycles. The number of halogens is 2. The van der Waals surface area contributed by atoms with Crippen molar-refractivity contribution in [3.8, 4) is 23.0 Å². The van der Waals surface area contributed by atoms with Crippen molar-refractivity contribution in [2.45, 2.75) is 13.0 Å². The number of hydrogen-bond acceptors (Lipinski definition) is 6. The van der Waals surface area contributed by atoms with Crippen LogP contribution in [-0.4, -0.2) is 25.3 Å².